The van der Waals surface area contributed by atoms with Crippen LogP contribution in [0.25, 0.3) is 6.08 Å². The second-order valence-corrected chi connectivity index (χ2v) is 5.58. The van der Waals surface area contributed by atoms with E-state index in [9.17, 15) is 4.79 Å². The van der Waals surface area contributed by atoms with Crippen LogP contribution in [-0.4, -0.2) is 32.4 Å². The minimum absolute atomic E-state index is 0.255. The van der Waals surface area contributed by atoms with Crippen LogP contribution in [0.1, 0.15) is 27.0 Å². The highest BCUT2D eigenvalue weighted by Gasteiger charge is 2.25. The standard InChI is InChI=1S/C20H22O6/c1-12-18(23-3)13(2)20(25-5)17(19(12)24-4)16(21)11-8-14-6-9-15(26-22)10-7-14/h6-11,22H,1-5H3/b11-8+. The van der Waals surface area contributed by atoms with Gasteiger partial charge >= 0.3 is 0 Å². The highest BCUT2D eigenvalue weighted by molar-refractivity contribution is 6.11. The van der Waals surface area contributed by atoms with Gasteiger partial charge < -0.3 is 19.1 Å². The van der Waals surface area contributed by atoms with Crippen molar-refractivity contribution >= 4 is 11.9 Å². The molecule has 0 aliphatic rings. The molecule has 0 saturated heterocycles. The van der Waals surface area contributed by atoms with Crippen LogP contribution in [0, 0.1) is 13.8 Å². The van der Waals surface area contributed by atoms with Crippen LogP contribution in [0.4, 0.5) is 0 Å². The van der Waals surface area contributed by atoms with Crippen molar-refractivity contribution in [2.24, 2.45) is 0 Å². The van der Waals surface area contributed by atoms with Crippen molar-refractivity contribution in [3.05, 3.63) is 52.6 Å². The summed E-state index contributed by atoms with van der Waals surface area (Å²) < 4.78 is 16.3. The van der Waals surface area contributed by atoms with Crippen molar-refractivity contribution in [3.63, 3.8) is 0 Å². The number of allylic oxidation sites excluding steroid dienone is 1. The smallest absolute Gasteiger partial charge is 0.193 e. The van der Waals surface area contributed by atoms with Gasteiger partial charge in [0, 0.05) is 11.1 Å². The van der Waals surface area contributed by atoms with Gasteiger partial charge in [0.15, 0.2) is 11.5 Å². The van der Waals surface area contributed by atoms with Crippen LogP contribution in [0.5, 0.6) is 23.0 Å². The number of carbonyl (C=O) groups excluding carboxylic acids is 1. The summed E-state index contributed by atoms with van der Waals surface area (Å²) in [6.45, 7) is 3.66. The molecule has 0 aliphatic carbocycles. The third kappa shape index (κ3) is 3.65. The first-order valence-corrected chi connectivity index (χ1v) is 7.91. The predicted octanol–water partition coefficient (Wildman–Crippen LogP) is 4.08. The SMILES string of the molecule is COc1c(C)c(OC)c(C(=O)/C=C/c2ccc(OO)cc2)c(OC)c1C. The zero-order chi connectivity index (χ0) is 19.3. The van der Waals surface area contributed by atoms with Gasteiger partial charge in [0.25, 0.3) is 0 Å². The maximum absolute atomic E-state index is 12.9. The zero-order valence-corrected chi connectivity index (χ0v) is 15.5. The highest BCUT2D eigenvalue weighted by Crippen LogP contribution is 2.43. The Kier molecular flexibility index (Phi) is 6.25. The van der Waals surface area contributed by atoms with E-state index < -0.39 is 0 Å². The lowest BCUT2D eigenvalue weighted by Gasteiger charge is -2.19. The van der Waals surface area contributed by atoms with E-state index in [1.165, 1.54) is 20.3 Å². The fraction of sp³-hybridized carbons (Fsp3) is 0.250. The minimum atomic E-state index is -0.255. The van der Waals surface area contributed by atoms with Crippen molar-refractivity contribution in [2.75, 3.05) is 21.3 Å². The number of ether oxygens (including phenoxy) is 3. The Hall–Kier alpha value is -2.99. The number of benzene rings is 2. The third-order valence-corrected chi connectivity index (χ3v) is 4.09. The van der Waals surface area contributed by atoms with Crippen molar-refractivity contribution in [1.29, 1.82) is 0 Å². The Labute approximate surface area is 152 Å². The van der Waals surface area contributed by atoms with Gasteiger partial charge in [-0.05, 0) is 37.6 Å². The lowest BCUT2D eigenvalue weighted by Crippen LogP contribution is -2.08. The van der Waals surface area contributed by atoms with Gasteiger partial charge in [0.2, 0.25) is 0 Å². The Morgan fingerprint density at radius 1 is 0.885 bits per heavy atom. The topological polar surface area (TPSA) is 74.2 Å². The molecule has 2 aromatic carbocycles. The summed E-state index contributed by atoms with van der Waals surface area (Å²) in [4.78, 5) is 17.0. The summed E-state index contributed by atoms with van der Waals surface area (Å²) in [5.41, 5.74) is 2.58. The first kappa shape index (κ1) is 19.3. The number of carbonyl (C=O) groups is 1. The molecule has 2 rings (SSSR count). The Morgan fingerprint density at radius 2 is 1.38 bits per heavy atom. The number of methoxy groups -OCH3 is 3. The van der Waals surface area contributed by atoms with Gasteiger partial charge in [-0.25, -0.2) is 5.26 Å². The molecule has 0 saturated carbocycles. The molecule has 6 nitrogen and oxygen atoms in total. The van der Waals surface area contributed by atoms with E-state index in [0.717, 1.165) is 16.7 Å². The number of rotatable bonds is 7. The first-order valence-electron chi connectivity index (χ1n) is 7.91. The van der Waals surface area contributed by atoms with Crippen LogP contribution < -0.4 is 19.1 Å². The lowest BCUT2D eigenvalue weighted by atomic mass is 9.98. The Morgan fingerprint density at radius 3 is 1.81 bits per heavy atom. The molecule has 2 aromatic rings. The number of hydrogen-bond acceptors (Lipinski definition) is 6. The summed E-state index contributed by atoms with van der Waals surface area (Å²) in [5.74, 6) is 1.53. The molecule has 0 atom stereocenters. The molecule has 0 spiro atoms. The molecule has 0 unspecified atom stereocenters. The molecule has 0 radical (unpaired) electrons. The number of ketones is 1. The molecule has 0 heterocycles. The molecule has 138 valence electrons. The second kappa shape index (κ2) is 8.40. The van der Waals surface area contributed by atoms with E-state index in [4.69, 9.17) is 19.5 Å². The first-order chi connectivity index (χ1) is 12.5. The zero-order valence-electron chi connectivity index (χ0n) is 15.5. The summed E-state index contributed by atoms with van der Waals surface area (Å²) in [6, 6.07) is 6.61. The maximum Gasteiger partial charge on any atom is 0.193 e. The van der Waals surface area contributed by atoms with Gasteiger partial charge in [0.05, 0.1) is 21.3 Å². The van der Waals surface area contributed by atoms with Crippen LogP contribution in [0.2, 0.25) is 0 Å². The maximum atomic E-state index is 12.9. The number of hydrogen-bond donors (Lipinski definition) is 1. The third-order valence-electron chi connectivity index (χ3n) is 4.09. The fourth-order valence-electron chi connectivity index (χ4n) is 2.90. The average molecular weight is 358 g/mol. The van der Waals surface area contributed by atoms with Crippen LogP contribution >= 0.6 is 0 Å². The summed E-state index contributed by atoms with van der Waals surface area (Å²) in [5, 5.41) is 8.60. The molecular formula is C20H22O6. The molecule has 0 amide bonds. The molecule has 1 N–H and O–H groups in total. The Bertz CT molecular complexity index is 790. The fourth-order valence-corrected chi connectivity index (χ4v) is 2.90. The highest BCUT2D eigenvalue weighted by atomic mass is 17.1. The van der Waals surface area contributed by atoms with Gasteiger partial charge in [0.1, 0.15) is 22.8 Å². The molecule has 0 bridgehead atoms. The van der Waals surface area contributed by atoms with Crippen LogP contribution in [0.3, 0.4) is 0 Å². The summed E-state index contributed by atoms with van der Waals surface area (Å²) >= 11 is 0. The minimum Gasteiger partial charge on any atom is -0.496 e. The quantitative estimate of drug-likeness (QED) is 0.348. The van der Waals surface area contributed by atoms with Crippen molar-refractivity contribution in [1.82, 2.24) is 0 Å². The van der Waals surface area contributed by atoms with Crippen molar-refractivity contribution in [2.45, 2.75) is 13.8 Å². The molecule has 0 aromatic heterocycles. The van der Waals surface area contributed by atoms with Gasteiger partial charge in [-0.3, -0.25) is 4.79 Å². The van der Waals surface area contributed by atoms with E-state index in [1.54, 1.807) is 37.5 Å². The predicted molar refractivity (Wildman–Crippen MR) is 98.6 cm³/mol. The summed E-state index contributed by atoms with van der Waals surface area (Å²) in [7, 11) is 4.57. The average Bonchev–Trinajstić information content (AvgIpc) is 2.66. The lowest BCUT2D eigenvalue weighted by molar-refractivity contribution is -0.137. The van der Waals surface area contributed by atoms with Crippen molar-refractivity contribution in [3.8, 4) is 23.0 Å². The van der Waals surface area contributed by atoms with E-state index >= 15 is 0 Å². The molecule has 0 fully saturated rings. The van der Waals surface area contributed by atoms with E-state index in [0.29, 0.717) is 28.6 Å². The van der Waals surface area contributed by atoms with Crippen molar-refractivity contribution < 1.29 is 29.1 Å². The van der Waals surface area contributed by atoms with E-state index in [1.807, 2.05) is 13.8 Å². The molecule has 0 aliphatic heterocycles. The van der Waals surface area contributed by atoms with Gasteiger partial charge in [-0.2, -0.15) is 0 Å². The van der Waals surface area contributed by atoms with Crippen LogP contribution in [-0.2, 0) is 0 Å². The molecular weight excluding hydrogens is 336 g/mol. The summed E-state index contributed by atoms with van der Waals surface area (Å²) in [6.07, 6.45) is 3.11. The largest absolute Gasteiger partial charge is 0.496 e. The van der Waals surface area contributed by atoms with Crippen LogP contribution in [0.15, 0.2) is 30.3 Å². The van der Waals surface area contributed by atoms with Gasteiger partial charge in [-0.15, -0.1) is 0 Å². The molecule has 6 heteroatoms. The van der Waals surface area contributed by atoms with E-state index in [-0.39, 0.29) is 5.78 Å². The van der Waals surface area contributed by atoms with E-state index in [2.05, 4.69) is 4.89 Å². The van der Waals surface area contributed by atoms with Gasteiger partial charge in [-0.1, -0.05) is 18.2 Å². The normalized spacial score (nSPS) is 10.7. The second-order valence-electron chi connectivity index (χ2n) is 5.58. The monoisotopic (exact) mass is 358 g/mol. The Balaban J connectivity index is 2.48. The molecule has 26 heavy (non-hydrogen) atoms.